The van der Waals surface area contributed by atoms with Gasteiger partial charge in [0.2, 0.25) is 0 Å². The van der Waals surface area contributed by atoms with Crippen LogP contribution in [-0.2, 0) is 28.9 Å². The highest BCUT2D eigenvalue weighted by molar-refractivity contribution is 6.39. The molecule has 2 amide bonds. The Bertz CT molecular complexity index is 776. The number of halogens is 3. The standard InChI is InChI=1S/C17H16F3N3O2/c18-17(19,20)13-5-2-6-14(8-13)23-16(25)15(24)22-10-12-4-1-3-11(7-12)9-21/h1-8H,9-10,21H2,(H,22,24)(H,23,25). The predicted octanol–water partition coefficient (Wildman–Crippen LogP) is 2.42. The lowest BCUT2D eigenvalue weighted by atomic mass is 10.1. The maximum atomic E-state index is 12.6. The zero-order valence-corrected chi connectivity index (χ0v) is 13.1. The monoisotopic (exact) mass is 351 g/mol. The van der Waals surface area contributed by atoms with Crippen LogP contribution in [0.4, 0.5) is 18.9 Å². The van der Waals surface area contributed by atoms with E-state index in [0.29, 0.717) is 6.54 Å². The molecule has 0 bridgehead atoms. The molecule has 0 fully saturated rings. The van der Waals surface area contributed by atoms with Gasteiger partial charge in [-0.2, -0.15) is 13.2 Å². The van der Waals surface area contributed by atoms with E-state index in [2.05, 4.69) is 10.6 Å². The molecule has 0 spiro atoms. The van der Waals surface area contributed by atoms with Gasteiger partial charge in [0.1, 0.15) is 0 Å². The molecule has 0 radical (unpaired) electrons. The van der Waals surface area contributed by atoms with Gasteiger partial charge in [0.25, 0.3) is 0 Å². The van der Waals surface area contributed by atoms with Crippen molar-refractivity contribution in [2.24, 2.45) is 5.73 Å². The van der Waals surface area contributed by atoms with E-state index in [9.17, 15) is 22.8 Å². The van der Waals surface area contributed by atoms with Crippen molar-refractivity contribution in [1.82, 2.24) is 5.32 Å². The minimum Gasteiger partial charge on any atom is -0.344 e. The first-order chi connectivity index (χ1) is 11.8. The third kappa shape index (κ3) is 5.32. The Morgan fingerprint density at radius 3 is 2.32 bits per heavy atom. The fourth-order valence-electron chi connectivity index (χ4n) is 2.09. The second-order valence-electron chi connectivity index (χ2n) is 5.24. The van der Waals surface area contributed by atoms with E-state index in [-0.39, 0.29) is 12.2 Å². The highest BCUT2D eigenvalue weighted by Crippen LogP contribution is 2.30. The first-order valence-electron chi connectivity index (χ1n) is 7.34. The third-order valence-electron chi connectivity index (χ3n) is 3.33. The number of rotatable bonds is 4. The van der Waals surface area contributed by atoms with E-state index in [1.165, 1.54) is 6.07 Å². The SMILES string of the molecule is NCc1cccc(CNC(=O)C(=O)Nc2cccc(C(F)(F)F)c2)c1. The number of benzene rings is 2. The molecule has 132 valence electrons. The maximum absolute atomic E-state index is 12.6. The van der Waals surface area contributed by atoms with Gasteiger partial charge in [-0.05, 0) is 29.3 Å². The lowest BCUT2D eigenvalue weighted by molar-refractivity contribution is -0.137. The molecule has 25 heavy (non-hydrogen) atoms. The molecule has 8 heteroatoms. The molecule has 0 heterocycles. The van der Waals surface area contributed by atoms with Crippen LogP contribution in [0.1, 0.15) is 16.7 Å². The summed E-state index contributed by atoms with van der Waals surface area (Å²) in [7, 11) is 0. The number of carbonyl (C=O) groups excluding carboxylic acids is 2. The van der Waals surface area contributed by atoms with Crippen LogP contribution in [-0.4, -0.2) is 11.8 Å². The zero-order valence-electron chi connectivity index (χ0n) is 13.1. The fourth-order valence-corrected chi connectivity index (χ4v) is 2.09. The first kappa shape index (κ1) is 18.5. The van der Waals surface area contributed by atoms with Gasteiger partial charge in [-0.15, -0.1) is 0 Å². The molecular formula is C17H16F3N3O2. The first-order valence-corrected chi connectivity index (χ1v) is 7.34. The average molecular weight is 351 g/mol. The van der Waals surface area contributed by atoms with Crippen LogP contribution >= 0.6 is 0 Å². The predicted molar refractivity (Wildman–Crippen MR) is 86.3 cm³/mol. The molecule has 2 aromatic carbocycles. The average Bonchev–Trinajstić information content (AvgIpc) is 2.59. The molecule has 5 nitrogen and oxygen atoms in total. The van der Waals surface area contributed by atoms with E-state index in [0.717, 1.165) is 29.3 Å². The van der Waals surface area contributed by atoms with E-state index in [1.54, 1.807) is 18.2 Å². The van der Waals surface area contributed by atoms with Crippen LogP contribution in [0.15, 0.2) is 48.5 Å². The van der Waals surface area contributed by atoms with Crippen molar-refractivity contribution in [3.05, 3.63) is 65.2 Å². The van der Waals surface area contributed by atoms with Crippen molar-refractivity contribution in [2.75, 3.05) is 5.32 Å². The second-order valence-corrected chi connectivity index (χ2v) is 5.24. The lowest BCUT2D eigenvalue weighted by Gasteiger charge is -2.10. The maximum Gasteiger partial charge on any atom is 0.416 e. The van der Waals surface area contributed by atoms with Gasteiger partial charge >= 0.3 is 18.0 Å². The molecule has 0 aliphatic heterocycles. The Kier molecular flexibility index (Phi) is 5.76. The number of nitrogens with two attached hydrogens (primary N) is 1. The summed E-state index contributed by atoms with van der Waals surface area (Å²) >= 11 is 0. The normalized spacial score (nSPS) is 11.0. The van der Waals surface area contributed by atoms with Crippen molar-refractivity contribution in [3.63, 3.8) is 0 Å². The molecule has 0 atom stereocenters. The number of amides is 2. The summed E-state index contributed by atoms with van der Waals surface area (Å²) < 4.78 is 37.9. The molecule has 0 unspecified atom stereocenters. The van der Waals surface area contributed by atoms with Gasteiger partial charge in [0.05, 0.1) is 5.56 Å². The van der Waals surface area contributed by atoms with E-state index in [1.807, 2.05) is 6.07 Å². The fraction of sp³-hybridized carbons (Fsp3) is 0.176. The van der Waals surface area contributed by atoms with E-state index >= 15 is 0 Å². The van der Waals surface area contributed by atoms with Crippen molar-refractivity contribution >= 4 is 17.5 Å². The lowest BCUT2D eigenvalue weighted by Crippen LogP contribution is -2.35. The largest absolute Gasteiger partial charge is 0.416 e. The summed E-state index contributed by atoms with van der Waals surface area (Å²) in [5, 5.41) is 4.54. The number of anilines is 1. The summed E-state index contributed by atoms with van der Waals surface area (Å²) in [5.41, 5.74) is 6.12. The summed E-state index contributed by atoms with van der Waals surface area (Å²) in [5.74, 6) is -2.00. The van der Waals surface area contributed by atoms with Gasteiger partial charge in [-0.1, -0.05) is 30.3 Å². The van der Waals surface area contributed by atoms with Gasteiger partial charge in [0.15, 0.2) is 0 Å². The van der Waals surface area contributed by atoms with Crippen molar-refractivity contribution in [2.45, 2.75) is 19.3 Å². The molecule has 2 rings (SSSR count). The smallest absolute Gasteiger partial charge is 0.344 e. The Balaban J connectivity index is 1.95. The molecule has 0 saturated heterocycles. The molecule has 0 aliphatic rings. The van der Waals surface area contributed by atoms with Gasteiger partial charge < -0.3 is 16.4 Å². The number of hydrogen-bond acceptors (Lipinski definition) is 3. The van der Waals surface area contributed by atoms with Crippen LogP contribution in [0, 0.1) is 0 Å². The van der Waals surface area contributed by atoms with Crippen LogP contribution in [0.2, 0.25) is 0 Å². The van der Waals surface area contributed by atoms with Gasteiger partial charge in [-0.3, -0.25) is 9.59 Å². The Morgan fingerprint density at radius 2 is 1.64 bits per heavy atom. The third-order valence-corrected chi connectivity index (χ3v) is 3.33. The number of hydrogen-bond donors (Lipinski definition) is 3. The summed E-state index contributed by atoms with van der Waals surface area (Å²) in [6, 6.07) is 11.2. The van der Waals surface area contributed by atoms with Crippen molar-refractivity contribution < 1.29 is 22.8 Å². The molecule has 0 saturated carbocycles. The molecule has 2 aromatic rings. The molecular weight excluding hydrogens is 335 g/mol. The molecule has 0 aliphatic carbocycles. The van der Waals surface area contributed by atoms with Gasteiger partial charge in [0, 0.05) is 18.8 Å². The summed E-state index contributed by atoms with van der Waals surface area (Å²) in [4.78, 5) is 23.6. The van der Waals surface area contributed by atoms with Crippen LogP contribution in [0.5, 0.6) is 0 Å². The number of carbonyl (C=O) groups is 2. The Labute approximate surface area is 142 Å². The topological polar surface area (TPSA) is 84.2 Å². The van der Waals surface area contributed by atoms with Crippen LogP contribution in [0.3, 0.4) is 0 Å². The van der Waals surface area contributed by atoms with Crippen molar-refractivity contribution in [1.29, 1.82) is 0 Å². The highest BCUT2D eigenvalue weighted by atomic mass is 19.4. The Hall–Kier alpha value is -2.87. The minimum absolute atomic E-state index is 0.0999. The highest BCUT2D eigenvalue weighted by Gasteiger charge is 2.30. The minimum atomic E-state index is -4.53. The summed E-state index contributed by atoms with van der Waals surface area (Å²) in [6.45, 7) is 0.445. The van der Waals surface area contributed by atoms with Gasteiger partial charge in [-0.25, -0.2) is 0 Å². The Morgan fingerprint density at radius 1 is 0.960 bits per heavy atom. The quantitative estimate of drug-likeness (QED) is 0.740. The van der Waals surface area contributed by atoms with Crippen LogP contribution in [0.25, 0.3) is 0 Å². The number of nitrogens with one attached hydrogen (secondary N) is 2. The number of alkyl halides is 3. The van der Waals surface area contributed by atoms with Crippen LogP contribution < -0.4 is 16.4 Å². The zero-order chi connectivity index (χ0) is 18.4. The van der Waals surface area contributed by atoms with E-state index < -0.39 is 23.6 Å². The molecule has 0 aromatic heterocycles. The molecule has 4 N–H and O–H groups in total. The van der Waals surface area contributed by atoms with E-state index in [4.69, 9.17) is 5.73 Å². The second kappa shape index (κ2) is 7.80. The van der Waals surface area contributed by atoms with Crippen molar-refractivity contribution in [3.8, 4) is 0 Å². The summed E-state index contributed by atoms with van der Waals surface area (Å²) in [6.07, 6.45) is -4.53.